The molecule has 1 rings (SSSR count). The Morgan fingerprint density at radius 2 is 1.76 bits per heavy atom. The van der Waals surface area contributed by atoms with E-state index in [0.717, 1.165) is 19.4 Å². The lowest BCUT2D eigenvalue weighted by Gasteiger charge is -2.53. The molecule has 3 nitrogen and oxygen atoms in total. The molecule has 0 radical (unpaired) electrons. The molecule has 1 fully saturated rings. The Morgan fingerprint density at radius 3 is 2.12 bits per heavy atom. The molecule has 0 bridgehead atoms. The molecule has 0 aromatic carbocycles. The normalized spacial score (nSPS) is 35.2. The van der Waals surface area contributed by atoms with Gasteiger partial charge in [0.25, 0.3) is 0 Å². The zero-order valence-corrected chi connectivity index (χ0v) is 12.5. The van der Waals surface area contributed by atoms with Crippen LogP contribution in [0.5, 0.6) is 0 Å². The molecule has 0 aliphatic carbocycles. The van der Waals surface area contributed by atoms with Crippen molar-refractivity contribution in [1.82, 2.24) is 10.2 Å². The van der Waals surface area contributed by atoms with Crippen LogP contribution in [-0.2, 0) is 4.79 Å². The number of amides is 1. The van der Waals surface area contributed by atoms with Crippen LogP contribution >= 0.6 is 0 Å². The van der Waals surface area contributed by atoms with Gasteiger partial charge in [-0.15, -0.1) is 0 Å². The maximum atomic E-state index is 12.6. The van der Waals surface area contributed by atoms with E-state index in [4.69, 9.17) is 0 Å². The predicted molar refractivity (Wildman–Crippen MR) is 72.0 cm³/mol. The molecule has 17 heavy (non-hydrogen) atoms. The summed E-state index contributed by atoms with van der Waals surface area (Å²) in [5.74, 6) is 0.235. The van der Waals surface area contributed by atoms with Gasteiger partial charge < -0.3 is 4.90 Å². The molecule has 0 aromatic heterocycles. The molecule has 2 atom stereocenters. The molecule has 3 heteroatoms. The van der Waals surface area contributed by atoms with Crippen LogP contribution in [0, 0.1) is 0 Å². The van der Waals surface area contributed by atoms with Gasteiger partial charge in [-0.2, -0.15) is 0 Å². The number of piperazine rings is 1. The van der Waals surface area contributed by atoms with Crippen LogP contribution in [-0.4, -0.2) is 34.0 Å². The molecular weight excluding hydrogens is 212 g/mol. The van der Waals surface area contributed by atoms with E-state index in [9.17, 15) is 4.79 Å². The molecule has 2 unspecified atom stereocenters. The van der Waals surface area contributed by atoms with Crippen molar-refractivity contribution in [3.63, 3.8) is 0 Å². The number of carbonyl (C=O) groups is 1. The van der Waals surface area contributed by atoms with Gasteiger partial charge in [0, 0.05) is 17.6 Å². The Hall–Kier alpha value is -0.570. The first-order chi connectivity index (χ1) is 7.58. The molecule has 1 amide bonds. The van der Waals surface area contributed by atoms with Gasteiger partial charge in [0.15, 0.2) is 0 Å². The van der Waals surface area contributed by atoms with Crippen molar-refractivity contribution in [2.75, 3.05) is 6.54 Å². The van der Waals surface area contributed by atoms with Gasteiger partial charge in [0.1, 0.15) is 0 Å². The van der Waals surface area contributed by atoms with Gasteiger partial charge in [-0.1, -0.05) is 13.8 Å². The Morgan fingerprint density at radius 1 is 1.24 bits per heavy atom. The van der Waals surface area contributed by atoms with Crippen LogP contribution < -0.4 is 5.32 Å². The molecular formula is C14H28N2O. The molecule has 0 saturated carbocycles. The molecule has 1 saturated heterocycles. The minimum atomic E-state index is -0.420. The summed E-state index contributed by atoms with van der Waals surface area (Å²) >= 11 is 0. The first kappa shape index (κ1) is 14.5. The standard InChI is InChI=1S/C14H28N2O/c1-8-13(6)10-16(12(3,4)5)11(17)14(7,9-2)15-13/h15H,8-10H2,1-7H3. The zero-order valence-electron chi connectivity index (χ0n) is 12.5. The highest BCUT2D eigenvalue weighted by Crippen LogP contribution is 2.31. The highest BCUT2D eigenvalue weighted by atomic mass is 16.2. The summed E-state index contributed by atoms with van der Waals surface area (Å²) in [6.45, 7) is 15.6. The number of hydrogen-bond donors (Lipinski definition) is 1. The summed E-state index contributed by atoms with van der Waals surface area (Å²) in [6, 6.07) is 0. The zero-order chi connectivity index (χ0) is 13.5. The molecule has 100 valence electrons. The molecule has 1 N–H and O–H groups in total. The van der Waals surface area contributed by atoms with E-state index in [1.165, 1.54) is 0 Å². The molecule has 0 spiro atoms. The summed E-state index contributed by atoms with van der Waals surface area (Å²) in [5, 5.41) is 3.57. The minimum Gasteiger partial charge on any atom is -0.334 e. The second-order valence-corrected chi connectivity index (χ2v) is 6.79. The Labute approximate surface area is 106 Å². The summed E-state index contributed by atoms with van der Waals surface area (Å²) in [6.07, 6.45) is 1.86. The van der Waals surface area contributed by atoms with E-state index < -0.39 is 5.54 Å². The monoisotopic (exact) mass is 240 g/mol. The third-order valence-corrected chi connectivity index (χ3v) is 4.10. The van der Waals surface area contributed by atoms with Gasteiger partial charge in [0.05, 0.1) is 5.54 Å². The van der Waals surface area contributed by atoms with Gasteiger partial charge >= 0.3 is 0 Å². The summed E-state index contributed by atoms with van der Waals surface area (Å²) in [4.78, 5) is 14.6. The molecule has 1 heterocycles. The smallest absolute Gasteiger partial charge is 0.243 e. The largest absolute Gasteiger partial charge is 0.334 e. The first-order valence-electron chi connectivity index (χ1n) is 6.69. The van der Waals surface area contributed by atoms with Crippen molar-refractivity contribution >= 4 is 5.91 Å². The fourth-order valence-corrected chi connectivity index (χ4v) is 2.46. The van der Waals surface area contributed by atoms with Crippen LogP contribution in [0.25, 0.3) is 0 Å². The van der Waals surface area contributed by atoms with E-state index in [1.54, 1.807) is 0 Å². The summed E-state index contributed by atoms with van der Waals surface area (Å²) < 4.78 is 0. The van der Waals surface area contributed by atoms with Crippen molar-refractivity contribution in [1.29, 1.82) is 0 Å². The SMILES string of the molecule is CCC1(C)CN(C(C)(C)C)C(=O)C(C)(CC)N1. The topological polar surface area (TPSA) is 32.3 Å². The van der Waals surface area contributed by atoms with E-state index in [1.807, 2.05) is 11.8 Å². The fraction of sp³-hybridized carbons (Fsp3) is 0.929. The quantitative estimate of drug-likeness (QED) is 0.804. The van der Waals surface area contributed by atoms with Crippen LogP contribution in [0.15, 0.2) is 0 Å². The average molecular weight is 240 g/mol. The lowest BCUT2D eigenvalue weighted by molar-refractivity contribution is -0.151. The van der Waals surface area contributed by atoms with Crippen LogP contribution in [0.2, 0.25) is 0 Å². The number of hydrogen-bond acceptors (Lipinski definition) is 2. The van der Waals surface area contributed by atoms with Crippen molar-refractivity contribution in [2.24, 2.45) is 0 Å². The van der Waals surface area contributed by atoms with Crippen LogP contribution in [0.3, 0.4) is 0 Å². The predicted octanol–water partition coefficient (Wildman–Crippen LogP) is 2.55. The van der Waals surface area contributed by atoms with Crippen molar-refractivity contribution in [3.8, 4) is 0 Å². The van der Waals surface area contributed by atoms with Gasteiger partial charge in [-0.05, 0) is 47.5 Å². The lowest BCUT2D eigenvalue weighted by Crippen LogP contribution is -2.74. The second kappa shape index (κ2) is 4.27. The molecule has 0 aromatic rings. The highest BCUT2D eigenvalue weighted by molar-refractivity contribution is 5.87. The number of carbonyl (C=O) groups excluding carboxylic acids is 1. The van der Waals surface area contributed by atoms with Crippen molar-refractivity contribution < 1.29 is 4.79 Å². The van der Waals surface area contributed by atoms with Gasteiger partial charge in [0.2, 0.25) is 5.91 Å². The summed E-state index contributed by atoms with van der Waals surface area (Å²) in [7, 11) is 0. The Kier molecular flexibility index (Phi) is 3.64. The molecule has 1 aliphatic rings. The Bertz CT molecular complexity index is 308. The first-order valence-corrected chi connectivity index (χ1v) is 6.69. The number of nitrogens with zero attached hydrogens (tertiary/aromatic N) is 1. The summed E-state index contributed by atoms with van der Waals surface area (Å²) in [5.41, 5.74) is -0.506. The fourth-order valence-electron chi connectivity index (χ4n) is 2.46. The second-order valence-electron chi connectivity index (χ2n) is 6.79. The maximum absolute atomic E-state index is 12.6. The minimum absolute atomic E-state index is 0.0198. The third kappa shape index (κ3) is 2.65. The van der Waals surface area contributed by atoms with Gasteiger partial charge in [-0.25, -0.2) is 0 Å². The third-order valence-electron chi connectivity index (χ3n) is 4.10. The van der Waals surface area contributed by atoms with Gasteiger partial charge in [-0.3, -0.25) is 10.1 Å². The maximum Gasteiger partial charge on any atom is 0.243 e. The average Bonchev–Trinajstić information content (AvgIpc) is 2.22. The van der Waals surface area contributed by atoms with E-state index in [-0.39, 0.29) is 17.0 Å². The number of nitrogens with one attached hydrogen (secondary N) is 1. The van der Waals surface area contributed by atoms with Crippen LogP contribution in [0.1, 0.15) is 61.3 Å². The van der Waals surface area contributed by atoms with Crippen LogP contribution in [0.4, 0.5) is 0 Å². The Balaban J connectivity index is 3.12. The van der Waals surface area contributed by atoms with E-state index in [2.05, 4.69) is 46.9 Å². The van der Waals surface area contributed by atoms with Crippen molar-refractivity contribution in [2.45, 2.75) is 77.9 Å². The highest BCUT2D eigenvalue weighted by Gasteiger charge is 2.49. The number of rotatable bonds is 2. The van der Waals surface area contributed by atoms with E-state index >= 15 is 0 Å². The lowest BCUT2D eigenvalue weighted by atomic mass is 9.82. The molecule has 1 aliphatic heterocycles. The van der Waals surface area contributed by atoms with Crippen molar-refractivity contribution in [3.05, 3.63) is 0 Å². The van der Waals surface area contributed by atoms with E-state index in [0.29, 0.717) is 0 Å².